The summed E-state index contributed by atoms with van der Waals surface area (Å²) >= 11 is 0. The fourth-order valence-corrected chi connectivity index (χ4v) is 0.897. The summed E-state index contributed by atoms with van der Waals surface area (Å²) in [6.07, 6.45) is -5.15. The number of ether oxygens (including phenoxy) is 2. The van der Waals surface area contributed by atoms with Crippen LogP contribution in [0.1, 0.15) is 12.8 Å². The first-order chi connectivity index (χ1) is 6.49. The molecule has 0 aliphatic heterocycles. The van der Waals surface area contributed by atoms with Crippen LogP contribution in [0.25, 0.3) is 0 Å². The summed E-state index contributed by atoms with van der Waals surface area (Å²) in [4.78, 5) is 0. The smallest absolute Gasteiger partial charge is 0.355 e. The summed E-state index contributed by atoms with van der Waals surface area (Å²) in [5.41, 5.74) is 0. The predicted molar refractivity (Wildman–Crippen MR) is 46.0 cm³/mol. The van der Waals surface area contributed by atoms with Gasteiger partial charge in [-0.05, 0) is 13.0 Å². The first-order valence-corrected chi connectivity index (χ1v) is 4.32. The van der Waals surface area contributed by atoms with Crippen molar-refractivity contribution in [3.63, 3.8) is 0 Å². The molecule has 0 aromatic carbocycles. The zero-order valence-corrected chi connectivity index (χ0v) is 8.36. The first kappa shape index (κ1) is 13.7. The van der Waals surface area contributed by atoms with Gasteiger partial charge in [0.1, 0.15) is 0 Å². The van der Waals surface area contributed by atoms with Gasteiger partial charge in [0.25, 0.3) is 0 Å². The van der Waals surface area contributed by atoms with E-state index in [9.17, 15) is 13.2 Å². The number of nitrogens with one attached hydrogen (secondary N) is 1. The van der Waals surface area contributed by atoms with Crippen molar-refractivity contribution in [2.24, 2.45) is 0 Å². The molecule has 0 fully saturated rings. The topological polar surface area (TPSA) is 30.5 Å². The molecule has 14 heavy (non-hydrogen) atoms. The highest BCUT2D eigenvalue weighted by molar-refractivity contribution is 4.55. The van der Waals surface area contributed by atoms with E-state index in [-0.39, 0.29) is 6.42 Å². The van der Waals surface area contributed by atoms with Crippen LogP contribution in [0.5, 0.6) is 0 Å². The van der Waals surface area contributed by atoms with Crippen LogP contribution in [-0.4, -0.2) is 39.8 Å². The molecule has 0 bridgehead atoms. The van der Waals surface area contributed by atoms with Gasteiger partial charge in [-0.2, -0.15) is 13.2 Å². The van der Waals surface area contributed by atoms with Gasteiger partial charge in [0, 0.05) is 27.2 Å². The van der Waals surface area contributed by atoms with Crippen molar-refractivity contribution in [3.05, 3.63) is 0 Å². The summed E-state index contributed by atoms with van der Waals surface area (Å²) < 4.78 is 44.8. The number of hydrogen-bond acceptors (Lipinski definition) is 3. The molecule has 0 rings (SSSR count). The van der Waals surface area contributed by atoms with Crippen LogP contribution in [0.3, 0.4) is 0 Å². The Kier molecular flexibility index (Phi) is 6.86. The highest BCUT2D eigenvalue weighted by Crippen LogP contribution is 2.20. The van der Waals surface area contributed by atoms with Crippen molar-refractivity contribution in [1.29, 1.82) is 0 Å². The third kappa shape index (κ3) is 8.28. The Balaban J connectivity index is 3.29. The Morgan fingerprint density at radius 2 is 1.79 bits per heavy atom. The third-order valence-electron chi connectivity index (χ3n) is 1.65. The molecule has 0 unspecified atom stereocenters. The van der Waals surface area contributed by atoms with Crippen LogP contribution in [0.2, 0.25) is 0 Å². The second-order valence-electron chi connectivity index (χ2n) is 2.82. The maximum absolute atomic E-state index is 11.7. The standard InChI is InChI=1S/C8H16F3NO2/c1-13-7(14-2)6-12-5-3-4-8(9,10)11/h7,12H,3-6H2,1-2H3. The van der Waals surface area contributed by atoms with Gasteiger partial charge in [-0.3, -0.25) is 0 Å². The molecule has 0 atom stereocenters. The monoisotopic (exact) mass is 215 g/mol. The first-order valence-electron chi connectivity index (χ1n) is 4.32. The van der Waals surface area contributed by atoms with E-state index in [0.29, 0.717) is 13.1 Å². The highest BCUT2D eigenvalue weighted by atomic mass is 19.4. The summed E-state index contributed by atoms with van der Waals surface area (Å²) in [7, 11) is 2.96. The van der Waals surface area contributed by atoms with Crippen molar-refractivity contribution in [1.82, 2.24) is 5.32 Å². The summed E-state index contributed by atoms with van der Waals surface area (Å²) in [5, 5.41) is 2.81. The minimum absolute atomic E-state index is 0.0731. The second kappa shape index (κ2) is 7.03. The quantitative estimate of drug-likeness (QED) is 0.516. The van der Waals surface area contributed by atoms with Crippen LogP contribution in [0, 0.1) is 0 Å². The molecule has 0 heterocycles. The van der Waals surface area contributed by atoms with Gasteiger partial charge in [-0.25, -0.2) is 0 Å². The molecule has 0 spiro atoms. The number of rotatable bonds is 7. The van der Waals surface area contributed by atoms with E-state index in [1.165, 1.54) is 14.2 Å². The molecule has 0 aromatic heterocycles. The van der Waals surface area contributed by atoms with Gasteiger partial charge < -0.3 is 14.8 Å². The third-order valence-corrected chi connectivity index (χ3v) is 1.65. The van der Waals surface area contributed by atoms with Gasteiger partial charge in [-0.15, -0.1) is 0 Å². The van der Waals surface area contributed by atoms with Crippen molar-refractivity contribution >= 4 is 0 Å². The van der Waals surface area contributed by atoms with E-state index < -0.39 is 18.9 Å². The Labute approximate surface area is 81.6 Å². The minimum atomic E-state index is -4.07. The van der Waals surface area contributed by atoms with Gasteiger partial charge in [-0.1, -0.05) is 0 Å². The molecule has 0 aromatic rings. The van der Waals surface area contributed by atoms with E-state index in [1.807, 2.05) is 0 Å². The van der Waals surface area contributed by atoms with Crippen molar-refractivity contribution in [2.45, 2.75) is 25.3 Å². The lowest BCUT2D eigenvalue weighted by atomic mass is 10.3. The number of halogens is 3. The molecule has 0 saturated carbocycles. The highest BCUT2D eigenvalue weighted by Gasteiger charge is 2.25. The van der Waals surface area contributed by atoms with Crippen molar-refractivity contribution in [3.8, 4) is 0 Å². The maximum Gasteiger partial charge on any atom is 0.389 e. The van der Waals surface area contributed by atoms with Crippen LogP contribution < -0.4 is 5.32 Å². The normalized spacial score (nSPS) is 12.4. The van der Waals surface area contributed by atoms with E-state index in [1.54, 1.807) is 0 Å². The lowest BCUT2D eigenvalue weighted by Crippen LogP contribution is -2.30. The Morgan fingerprint density at radius 3 is 2.21 bits per heavy atom. The summed E-state index contributed by atoms with van der Waals surface area (Å²) in [6, 6.07) is 0. The van der Waals surface area contributed by atoms with E-state index in [2.05, 4.69) is 5.32 Å². The molecule has 0 aliphatic rings. The second-order valence-corrected chi connectivity index (χ2v) is 2.82. The number of alkyl halides is 3. The molecule has 0 aliphatic carbocycles. The molecule has 3 nitrogen and oxygen atoms in total. The van der Waals surface area contributed by atoms with Gasteiger partial charge in [0.15, 0.2) is 6.29 Å². The van der Waals surface area contributed by atoms with Crippen LogP contribution in [0.4, 0.5) is 13.2 Å². The van der Waals surface area contributed by atoms with E-state index >= 15 is 0 Å². The van der Waals surface area contributed by atoms with Crippen LogP contribution in [0.15, 0.2) is 0 Å². The molecule has 86 valence electrons. The average Bonchev–Trinajstić information content (AvgIpc) is 2.09. The summed E-state index contributed by atoms with van der Waals surface area (Å²) in [5.74, 6) is 0. The number of methoxy groups -OCH3 is 2. The lowest BCUT2D eigenvalue weighted by Gasteiger charge is -2.14. The molecule has 0 radical (unpaired) electrons. The molecule has 1 N–H and O–H groups in total. The fraction of sp³-hybridized carbons (Fsp3) is 1.00. The average molecular weight is 215 g/mol. The molecular weight excluding hydrogens is 199 g/mol. The summed E-state index contributed by atoms with van der Waals surface area (Å²) in [6.45, 7) is 0.702. The number of hydrogen-bond donors (Lipinski definition) is 1. The molecular formula is C8H16F3NO2. The van der Waals surface area contributed by atoms with Crippen LogP contribution in [-0.2, 0) is 9.47 Å². The SMILES string of the molecule is COC(CNCCCC(F)(F)F)OC. The zero-order chi connectivity index (χ0) is 11.0. The fourth-order valence-electron chi connectivity index (χ4n) is 0.897. The zero-order valence-electron chi connectivity index (χ0n) is 8.36. The Bertz CT molecular complexity index is 137. The Morgan fingerprint density at radius 1 is 1.21 bits per heavy atom. The van der Waals surface area contributed by atoms with Crippen molar-refractivity contribution < 1.29 is 22.6 Å². The van der Waals surface area contributed by atoms with Gasteiger partial charge in [0.2, 0.25) is 0 Å². The molecule has 6 heteroatoms. The van der Waals surface area contributed by atoms with Crippen molar-refractivity contribution in [2.75, 3.05) is 27.3 Å². The van der Waals surface area contributed by atoms with Crippen LogP contribution >= 0.6 is 0 Å². The molecule has 0 amide bonds. The van der Waals surface area contributed by atoms with E-state index in [0.717, 1.165) is 0 Å². The maximum atomic E-state index is 11.7. The minimum Gasteiger partial charge on any atom is -0.355 e. The van der Waals surface area contributed by atoms with Gasteiger partial charge in [0.05, 0.1) is 0 Å². The molecule has 0 saturated heterocycles. The lowest BCUT2D eigenvalue weighted by molar-refractivity contribution is -0.135. The van der Waals surface area contributed by atoms with E-state index in [4.69, 9.17) is 9.47 Å². The van der Waals surface area contributed by atoms with Gasteiger partial charge >= 0.3 is 6.18 Å². The predicted octanol–water partition coefficient (Wildman–Crippen LogP) is 1.54. The Hall–Kier alpha value is -0.330. The largest absolute Gasteiger partial charge is 0.389 e.